The van der Waals surface area contributed by atoms with Gasteiger partial charge in [-0.05, 0) is 6.07 Å². The molecule has 0 radical (unpaired) electrons. The molecule has 1 aromatic rings. The van der Waals surface area contributed by atoms with Crippen molar-refractivity contribution in [3.8, 4) is 0 Å². The molecule has 1 unspecified atom stereocenters. The Morgan fingerprint density at radius 2 is 1.72 bits per heavy atom. The van der Waals surface area contributed by atoms with Gasteiger partial charge in [0, 0.05) is 17.7 Å². The molecule has 2 bridgehead atoms. The first kappa shape index (κ1) is 10.5. The number of hydrogen-bond donors (Lipinski definition) is 0. The van der Waals surface area contributed by atoms with E-state index in [9.17, 15) is 14.4 Å². The number of para-hydroxylation sites is 1. The zero-order chi connectivity index (χ0) is 12.7. The van der Waals surface area contributed by atoms with Gasteiger partial charge in [-0.1, -0.05) is 18.2 Å². The number of ether oxygens (including phenoxy) is 1. The number of hydroxylamine groups is 1. The first-order chi connectivity index (χ1) is 8.66. The van der Waals surface area contributed by atoms with E-state index in [1.807, 2.05) is 0 Å². The van der Waals surface area contributed by atoms with Crippen LogP contribution in [0.1, 0.15) is 11.7 Å². The van der Waals surface area contributed by atoms with E-state index in [0.29, 0.717) is 11.3 Å². The molecule has 2 heterocycles. The van der Waals surface area contributed by atoms with E-state index in [4.69, 9.17) is 9.57 Å². The van der Waals surface area contributed by atoms with Crippen LogP contribution in [0.2, 0.25) is 0 Å². The van der Waals surface area contributed by atoms with Gasteiger partial charge in [-0.25, -0.2) is 9.59 Å². The van der Waals surface area contributed by atoms with Crippen molar-refractivity contribution >= 4 is 23.5 Å². The number of fused-ring (bicyclic) bond motifs is 5. The SMILES string of the molecule is O=C1/C=C\C(=O)ON2C(=O)C(O1)c1ccccc12. The van der Waals surface area contributed by atoms with Crippen molar-refractivity contribution in [2.24, 2.45) is 0 Å². The third-order valence-electron chi connectivity index (χ3n) is 2.63. The van der Waals surface area contributed by atoms with Crippen molar-refractivity contribution in [1.29, 1.82) is 0 Å². The summed E-state index contributed by atoms with van der Waals surface area (Å²) in [5, 5.41) is 0.852. The van der Waals surface area contributed by atoms with Gasteiger partial charge in [0.05, 0.1) is 5.69 Å². The summed E-state index contributed by atoms with van der Waals surface area (Å²) in [6.45, 7) is 0. The van der Waals surface area contributed by atoms with Crippen molar-refractivity contribution in [1.82, 2.24) is 0 Å². The zero-order valence-corrected chi connectivity index (χ0v) is 9.03. The summed E-state index contributed by atoms with van der Waals surface area (Å²) in [6.07, 6.45) is 0.781. The number of benzene rings is 1. The third kappa shape index (κ3) is 1.46. The Morgan fingerprint density at radius 1 is 1.00 bits per heavy atom. The molecular formula is C12H7NO5. The number of hydrogen-bond acceptors (Lipinski definition) is 5. The van der Waals surface area contributed by atoms with E-state index < -0.39 is 23.9 Å². The predicted octanol–water partition coefficient (Wildman–Crippen LogP) is 0.645. The standard InChI is InChI=1S/C12H7NO5/c14-9-5-6-10(15)18-13-8-4-2-1-3-7(8)11(17-9)12(13)16/h1-6,11H/b6-5-. The number of carbonyl (C=O) groups is 3. The number of anilines is 1. The molecule has 2 aliphatic heterocycles. The average molecular weight is 245 g/mol. The zero-order valence-electron chi connectivity index (χ0n) is 9.03. The Labute approximate surface area is 101 Å². The smallest absolute Gasteiger partial charge is 0.356 e. The largest absolute Gasteiger partial charge is 0.444 e. The van der Waals surface area contributed by atoms with Crippen molar-refractivity contribution in [3.63, 3.8) is 0 Å². The molecule has 6 nitrogen and oxygen atoms in total. The minimum Gasteiger partial charge on any atom is -0.444 e. The first-order valence-electron chi connectivity index (χ1n) is 5.20. The van der Waals surface area contributed by atoms with Crippen molar-refractivity contribution in [2.75, 3.05) is 5.06 Å². The Hall–Kier alpha value is -2.63. The fourth-order valence-corrected chi connectivity index (χ4v) is 1.87. The number of amides is 1. The number of carbonyl (C=O) groups excluding carboxylic acids is 3. The lowest BCUT2D eigenvalue weighted by molar-refractivity contribution is -0.154. The summed E-state index contributed by atoms with van der Waals surface area (Å²) in [5.41, 5.74) is 0.905. The van der Waals surface area contributed by atoms with Crippen LogP contribution in [0.25, 0.3) is 0 Å². The molecule has 0 saturated heterocycles. The van der Waals surface area contributed by atoms with Crippen LogP contribution in [0.3, 0.4) is 0 Å². The van der Waals surface area contributed by atoms with Crippen LogP contribution in [0.15, 0.2) is 36.4 Å². The fourth-order valence-electron chi connectivity index (χ4n) is 1.87. The molecule has 0 saturated carbocycles. The second-order valence-electron chi connectivity index (χ2n) is 3.75. The van der Waals surface area contributed by atoms with Gasteiger partial charge in [0.2, 0.25) is 6.10 Å². The molecule has 1 amide bonds. The summed E-state index contributed by atoms with van der Waals surface area (Å²) in [5.74, 6) is -2.16. The van der Waals surface area contributed by atoms with Crippen LogP contribution in [0.5, 0.6) is 0 Å². The summed E-state index contributed by atoms with van der Waals surface area (Å²) in [7, 11) is 0. The summed E-state index contributed by atoms with van der Waals surface area (Å²) in [4.78, 5) is 39.6. The molecule has 0 fully saturated rings. The Morgan fingerprint density at radius 3 is 2.56 bits per heavy atom. The van der Waals surface area contributed by atoms with E-state index >= 15 is 0 Å². The second kappa shape index (κ2) is 3.69. The minimum atomic E-state index is -1.07. The molecule has 90 valence electrons. The minimum absolute atomic E-state index is 0.406. The van der Waals surface area contributed by atoms with Gasteiger partial charge >= 0.3 is 17.8 Å². The van der Waals surface area contributed by atoms with Gasteiger partial charge in [0.25, 0.3) is 0 Å². The maximum Gasteiger partial charge on any atom is 0.356 e. The fraction of sp³-hybridized carbons (Fsp3) is 0.0833. The van der Waals surface area contributed by atoms with Crippen LogP contribution in [0, 0.1) is 0 Å². The van der Waals surface area contributed by atoms with E-state index in [2.05, 4.69) is 0 Å². The molecule has 1 aromatic carbocycles. The van der Waals surface area contributed by atoms with Gasteiger partial charge in [0.15, 0.2) is 0 Å². The van der Waals surface area contributed by atoms with Crippen LogP contribution >= 0.6 is 0 Å². The van der Waals surface area contributed by atoms with Gasteiger partial charge in [-0.2, -0.15) is 0 Å². The third-order valence-corrected chi connectivity index (χ3v) is 2.63. The van der Waals surface area contributed by atoms with Crippen LogP contribution < -0.4 is 5.06 Å². The number of rotatable bonds is 0. The predicted molar refractivity (Wildman–Crippen MR) is 58.0 cm³/mol. The first-order valence-corrected chi connectivity index (χ1v) is 5.20. The molecule has 2 aliphatic rings. The molecule has 0 aliphatic carbocycles. The van der Waals surface area contributed by atoms with Gasteiger partial charge in [-0.3, -0.25) is 4.79 Å². The summed E-state index contributed by atoms with van der Waals surface area (Å²) < 4.78 is 5.00. The van der Waals surface area contributed by atoms with Crippen LogP contribution in [0.4, 0.5) is 5.69 Å². The lowest BCUT2D eigenvalue weighted by Gasteiger charge is -2.14. The van der Waals surface area contributed by atoms with Crippen LogP contribution in [-0.4, -0.2) is 17.8 Å². The number of nitrogens with zero attached hydrogens (tertiary/aromatic N) is 1. The average Bonchev–Trinajstić information content (AvgIpc) is 2.64. The number of esters is 1. The van der Waals surface area contributed by atoms with Crippen molar-refractivity contribution < 1.29 is 24.0 Å². The topological polar surface area (TPSA) is 72.9 Å². The van der Waals surface area contributed by atoms with Gasteiger partial charge < -0.3 is 9.57 Å². The van der Waals surface area contributed by atoms with E-state index in [0.717, 1.165) is 17.2 Å². The highest BCUT2D eigenvalue weighted by atomic mass is 16.7. The Bertz CT molecular complexity index is 543. The Balaban J connectivity index is 2.14. The van der Waals surface area contributed by atoms with Crippen molar-refractivity contribution in [3.05, 3.63) is 42.0 Å². The second-order valence-corrected chi connectivity index (χ2v) is 3.75. The normalized spacial score (nSPS) is 23.4. The molecule has 3 rings (SSSR count). The highest BCUT2D eigenvalue weighted by Crippen LogP contribution is 2.38. The molecule has 1 atom stereocenters. The summed E-state index contributed by atoms with van der Waals surface area (Å²) in [6, 6.07) is 6.66. The quantitative estimate of drug-likeness (QED) is 0.627. The molecule has 18 heavy (non-hydrogen) atoms. The van der Waals surface area contributed by atoms with E-state index in [1.165, 1.54) is 0 Å². The van der Waals surface area contributed by atoms with Gasteiger partial charge in [0.1, 0.15) is 0 Å². The highest BCUT2D eigenvalue weighted by molar-refractivity contribution is 6.06. The molecular weight excluding hydrogens is 238 g/mol. The maximum absolute atomic E-state index is 12.0. The highest BCUT2D eigenvalue weighted by Gasteiger charge is 2.42. The molecule has 0 N–H and O–H groups in total. The monoisotopic (exact) mass is 245 g/mol. The van der Waals surface area contributed by atoms with Gasteiger partial charge in [-0.15, -0.1) is 5.06 Å². The van der Waals surface area contributed by atoms with E-state index in [1.54, 1.807) is 24.3 Å². The molecule has 0 spiro atoms. The lowest BCUT2D eigenvalue weighted by atomic mass is 10.1. The van der Waals surface area contributed by atoms with Crippen LogP contribution in [-0.2, 0) is 24.0 Å². The summed E-state index contributed by atoms with van der Waals surface area (Å²) >= 11 is 0. The molecule has 0 aromatic heterocycles. The molecule has 6 heteroatoms. The lowest BCUT2D eigenvalue weighted by Crippen LogP contribution is -2.31. The van der Waals surface area contributed by atoms with E-state index in [-0.39, 0.29) is 0 Å². The van der Waals surface area contributed by atoms with Crippen molar-refractivity contribution in [2.45, 2.75) is 6.10 Å². The Kier molecular flexibility index (Phi) is 2.16. The maximum atomic E-state index is 12.0.